The Hall–Kier alpha value is -0.290. The van der Waals surface area contributed by atoms with Gasteiger partial charge in [-0.2, -0.15) is 13.2 Å². The minimum absolute atomic E-state index is 0.00181. The van der Waals surface area contributed by atoms with Crippen molar-refractivity contribution < 1.29 is 13.2 Å². The molecule has 0 heterocycles. The van der Waals surface area contributed by atoms with Crippen molar-refractivity contribution in [3.05, 3.63) is 0 Å². The third kappa shape index (κ3) is 4.28. The second-order valence-corrected chi connectivity index (χ2v) is 4.08. The first-order chi connectivity index (χ1) is 6.16. The smallest absolute Gasteiger partial charge is 0.307 e. The molecule has 14 heavy (non-hydrogen) atoms. The molecule has 0 rings (SSSR count). The van der Waals surface area contributed by atoms with Gasteiger partial charge in [0.15, 0.2) is 0 Å². The van der Waals surface area contributed by atoms with Crippen LogP contribution in [0.4, 0.5) is 13.2 Å². The van der Waals surface area contributed by atoms with E-state index in [-0.39, 0.29) is 12.6 Å². The first-order valence-electron chi connectivity index (χ1n) is 4.59. The Bertz CT molecular complexity index is 166. The van der Waals surface area contributed by atoms with E-state index < -0.39 is 12.2 Å². The highest BCUT2D eigenvalue weighted by Crippen LogP contribution is 2.25. The van der Waals surface area contributed by atoms with Crippen LogP contribution in [0.1, 0.15) is 13.8 Å². The van der Waals surface area contributed by atoms with Crippen molar-refractivity contribution >= 4 is 0 Å². The number of alkyl halides is 3. The molecule has 0 spiro atoms. The minimum atomic E-state index is -4.16. The summed E-state index contributed by atoms with van der Waals surface area (Å²) < 4.78 is 37.9. The lowest BCUT2D eigenvalue weighted by Gasteiger charge is -2.34. The van der Waals surface area contributed by atoms with E-state index in [1.807, 2.05) is 0 Å². The van der Waals surface area contributed by atoms with E-state index in [4.69, 9.17) is 0 Å². The van der Waals surface area contributed by atoms with Crippen LogP contribution in [0.25, 0.3) is 0 Å². The predicted octanol–water partition coefficient (Wildman–Crippen LogP) is 1.82. The molecule has 0 aromatic rings. The molecule has 0 radical (unpaired) electrons. The molecule has 0 aromatic carbocycles. The van der Waals surface area contributed by atoms with Crippen LogP contribution < -0.4 is 0 Å². The van der Waals surface area contributed by atoms with Crippen molar-refractivity contribution in [1.29, 1.82) is 0 Å². The van der Waals surface area contributed by atoms with Gasteiger partial charge in [-0.3, -0.25) is 4.90 Å². The summed E-state index contributed by atoms with van der Waals surface area (Å²) in [6.45, 7) is 3.51. The molecule has 0 aliphatic rings. The normalized spacial score (nSPS) is 15.6. The zero-order valence-corrected chi connectivity index (χ0v) is 9.39. The molecule has 1 unspecified atom stereocenters. The fraction of sp³-hybridized carbons (Fsp3) is 1.00. The standard InChI is InChI=1S/C9H19F3N2/c1-7(2)14(5)8(6-13(3)4)9(10,11)12/h7-8H,6H2,1-5H3. The molecule has 0 aliphatic carbocycles. The maximum absolute atomic E-state index is 12.6. The highest BCUT2D eigenvalue weighted by atomic mass is 19.4. The Labute approximate surface area is 83.7 Å². The Morgan fingerprint density at radius 2 is 1.50 bits per heavy atom. The van der Waals surface area contributed by atoms with Gasteiger partial charge < -0.3 is 4.90 Å². The average molecular weight is 212 g/mol. The molecular weight excluding hydrogens is 193 g/mol. The van der Waals surface area contributed by atoms with E-state index >= 15 is 0 Å². The van der Waals surface area contributed by atoms with Crippen molar-refractivity contribution in [1.82, 2.24) is 9.80 Å². The van der Waals surface area contributed by atoms with Crippen LogP contribution in [0.5, 0.6) is 0 Å². The van der Waals surface area contributed by atoms with E-state index in [1.54, 1.807) is 32.8 Å². The van der Waals surface area contributed by atoms with E-state index in [9.17, 15) is 13.2 Å². The summed E-state index contributed by atoms with van der Waals surface area (Å²) in [5, 5.41) is 0. The van der Waals surface area contributed by atoms with Gasteiger partial charge in [-0.05, 0) is 35.0 Å². The van der Waals surface area contributed by atoms with Crippen molar-refractivity contribution in [2.45, 2.75) is 32.1 Å². The third-order valence-electron chi connectivity index (χ3n) is 2.22. The van der Waals surface area contributed by atoms with Gasteiger partial charge in [0.2, 0.25) is 0 Å². The first-order valence-corrected chi connectivity index (χ1v) is 4.59. The van der Waals surface area contributed by atoms with E-state index in [0.717, 1.165) is 0 Å². The summed E-state index contributed by atoms with van der Waals surface area (Å²) in [7, 11) is 4.80. The molecule has 0 amide bonds. The maximum atomic E-state index is 12.6. The lowest BCUT2D eigenvalue weighted by molar-refractivity contribution is -0.187. The topological polar surface area (TPSA) is 6.48 Å². The molecule has 0 saturated carbocycles. The molecule has 0 fully saturated rings. The molecule has 0 aromatic heterocycles. The minimum Gasteiger partial charge on any atom is -0.307 e. The SMILES string of the molecule is CC(C)N(C)C(CN(C)C)C(F)(F)F. The van der Waals surface area contributed by atoms with Crippen LogP contribution in [0.3, 0.4) is 0 Å². The maximum Gasteiger partial charge on any atom is 0.405 e. The molecule has 0 bridgehead atoms. The molecule has 0 saturated heterocycles. The lowest BCUT2D eigenvalue weighted by atomic mass is 10.2. The van der Waals surface area contributed by atoms with Gasteiger partial charge in [-0.1, -0.05) is 0 Å². The summed E-state index contributed by atoms with van der Waals surface area (Å²) in [5.74, 6) is 0. The molecule has 86 valence electrons. The van der Waals surface area contributed by atoms with E-state index in [2.05, 4.69) is 0 Å². The average Bonchev–Trinajstić information content (AvgIpc) is 1.96. The predicted molar refractivity (Wildman–Crippen MR) is 51.3 cm³/mol. The second kappa shape index (κ2) is 4.98. The molecule has 2 nitrogen and oxygen atoms in total. The highest BCUT2D eigenvalue weighted by molar-refractivity contribution is 4.80. The van der Waals surface area contributed by atoms with Gasteiger partial charge in [0, 0.05) is 12.6 Å². The Morgan fingerprint density at radius 1 is 1.07 bits per heavy atom. The van der Waals surface area contributed by atoms with Crippen LogP contribution >= 0.6 is 0 Å². The zero-order chi connectivity index (χ0) is 11.5. The summed E-state index contributed by atoms with van der Waals surface area (Å²) in [5.41, 5.74) is 0. The second-order valence-electron chi connectivity index (χ2n) is 4.08. The summed E-state index contributed by atoms with van der Waals surface area (Å²) >= 11 is 0. The fourth-order valence-electron chi connectivity index (χ4n) is 1.17. The van der Waals surface area contributed by atoms with Crippen LogP contribution in [-0.2, 0) is 0 Å². The quantitative estimate of drug-likeness (QED) is 0.701. The van der Waals surface area contributed by atoms with Gasteiger partial charge in [-0.25, -0.2) is 0 Å². The Balaban J connectivity index is 4.56. The Kier molecular flexibility index (Phi) is 4.88. The van der Waals surface area contributed by atoms with Gasteiger partial charge in [0.25, 0.3) is 0 Å². The largest absolute Gasteiger partial charge is 0.405 e. The van der Waals surface area contributed by atoms with Gasteiger partial charge in [-0.15, -0.1) is 0 Å². The number of likely N-dealkylation sites (N-methyl/N-ethyl adjacent to an activating group) is 2. The molecular formula is C9H19F3N2. The summed E-state index contributed by atoms with van der Waals surface area (Å²) in [4.78, 5) is 2.90. The van der Waals surface area contributed by atoms with Crippen LogP contribution in [0.2, 0.25) is 0 Å². The van der Waals surface area contributed by atoms with Crippen molar-refractivity contribution in [3.63, 3.8) is 0 Å². The molecule has 0 N–H and O–H groups in total. The summed E-state index contributed by atoms with van der Waals surface area (Å²) in [6.07, 6.45) is -4.16. The number of hydrogen-bond donors (Lipinski definition) is 0. The van der Waals surface area contributed by atoms with Crippen LogP contribution in [0, 0.1) is 0 Å². The number of hydrogen-bond acceptors (Lipinski definition) is 2. The van der Waals surface area contributed by atoms with E-state index in [1.165, 1.54) is 11.9 Å². The monoisotopic (exact) mass is 212 g/mol. The van der Waals surface area contributed by atoms with Crippen molar-refractivity contribution in [3.8, 4) is 0 Å². The Morgan fingerprint density at radius 3 is 1.71 bits per heavy atom. The number of nitrogens with zero attached hydrogens (tertiary/aromatic N) is 2. The van der Waals surface area contributed by atoms with E-state index in [0.29, 0.717) is 0 Å². The molecule has 0 aliphatic heterocycles. The van der Waals surface area contributed by atoms with Gasteiger partial charge in [0.1, 0.15) is 6.04 Å². The van der Waals surface area contributed by atoms with Gasteiger partial charge in [0.05, 0.1) is 0 Å². The number of halogens is 3. The zero-order valence-electron chi connectivity index (χ0n) is 9.39. The summed E-state index contributed by atoms with van der Waals surface area (Å²) in [6, 6.07) is -1.50. The first kappa shape index (κ1) is 13.7. The molecule has 5 heteroatoms. The lowest BCUT2D eigenvalue weighted by Crippen LogP contribution is -2.51. The third-order valence-corrected chi connectivity index (χ3v) is 2.22. The van der Waals surface area contributed by atoms with Crippen LogP contribution in [-0.4, -0.2) is 55.7 Å². The van der Waals surface area contributed by atoms with Crippen LogP contribution in [0.15, 0.2) is 0 Å². The molecule has 1 atom stereocenters. The van der Waals surface area contributed by atoms with Crippen molar-refractivity contribution in [2.24, 2.45) is 0 Å². The van der Waals surface area contributed by atoms with Crippen molar-refractivity contribution in [2.75, 3.05) is 27.7 Å². The number of rotatable bonds is 4. The van der Waals surface area contributed by atoms with Gasteiger partial charge >= 0.3 is 6.18 Å². The fourth-order valence-corrected chi connectivity index (χ4v) is 1.17. The highest BCUT2D eigenvalue weighted by Gasteiger charge is 2.43.